The number of hydrogen-bond donors (Lipinski definition) is 1. The summed E-state index contributed by atoms with van der Waals surface area (Å²) in [5.41, 5.74) is 2.60. The van der Waals surface area contributed by atoms with E-state index in [2.05, 4.69) is 20.3 Å². The van der Waals surface area contributed by atoms with Crippen LogP contribution in [0.3, 0.4) is 0 Å². The van der Waals surface area contributed by atoms with E-state index in [4.69, 9.17) is 0 Å². The van der Waals surface area contributed by atoms with Crippen LogP contribution in [0.4, 0.5) is 10.3 Å². The number of fused-ring (bicyclic) bond motifs is 1. The third kappa shape index (κ3) is 3.51. The number of rotatable bonds is 4. The van der Waals surface area contributed by atoms with Crippen LogP contribution in [0.2, 0.25) is 0 Å². The number of nitrogens with zero attached hydrogens (tertiary/aromatic N) is 5. The number of carbonyl (C=O) groups excluding carboxylic acids is 1. The lowest BCUT2D eigenvalue weighted by Gasteiger charge is -2.26. The van der Waals surface area contributed by atoms with Gasteiger partial charge in [0.2, 0.25) is 5.95 Å². The van der Waals surface area contributed by atoms with Crippen molar-refractivity contribution in [3.05, 3.63) is 71.3 Å². The standard InChI is InChI=1S/C19H19FN6O/c1-25-16-6-9-26(19-21-7-3-8-22-19)12-15(16)24-17(25)18(27)23-11-13-4-2-5-14(20)10-13/h2-5,7-8,10H,6,9,11-12H2,1H3,(H,23,27). The fraction of sp³-hybridized carbons (Fsp3) is 0.263. The van der Waals surface area contributed by atoms with Crippen LogP contribution in [0.1, 0.15) is 27.6 Å². The van der Waals surface area contributed by atoms with Crippen LogP contribution in [0, 0.1) is 5.82 Å². The highest BCUT2D eigenvalue weighted by molar-refractivity contribution is 5.91. The molecule has 7 nitrogen and oxygen atoms in total. The molecule has 27 heavy (non-hydrogen) atoms. The minimum Gasteiger partial charge on any atom is -0.345 e. The molecule has 138 valence electrons. The maximum Gasteiger partial charge on any atom is 0.287 e. The number of nitrogens with one attached hydrogen (secondary N) is 1. The van der Waals surface area contributed by atoms with E-state index in [0.29, 0.717) is 23.9 Å². The Labute approximate surface area is 155 Å². The van der Waals surface area contributed by atoms with Gasteiger partial charge in [0, 0.05) is 44.6 Å². The molecule has 8 heteroatoms. The Balaban J connectivity index is 1.49. The summed E-state index contributed by atoms with van der Waals surface area (Å²) >= 11 is 0. The van der Waals surface area contributed by atoms with E-state index in [1.165, 1.54) is 12.1 Å². The van der Waals surface area contributed by atoms with Crippen molar-refractivity contribution < 1.29 is 9.18 Å². The van der Waals surface area contributed by atoms with E-state index < -0.39 is 0 Å². The fourth-order valence-corrected chi connectivity index (χ4v) is 3.26. The second-order valence-electron chi connectivity index (χ2n) is 6.42. The largest absolute Gasteiger partial charge is 0.345 e. The highest BCUT2D eigenvalue weighted by Gasteiger charge is 2.26. The second-order valence-corrected chi connectivity index (χ2v) is 6.42. The maximum absolute atomic E-state index is 13.3. The molecule has 1 N–H and O–H groups in total. The van der Waals surface area contributed by atoms with Gasteiger partial charge in [-0.15, -0.1) is 0 Å². The van der Waals surface area contributed by atoms with Crippen LogP contribution in [0.25, 0.3) is 0 Å². The molecule has 0 aliphatic carbocycles. The predicted octanol–water partition coefficient (Wildman–Crippen LogP) is 1.84. The summed E-state index contributed by atoms with van der Waals surface area (Å²) in [6.07, 6.45) is 4.18. The molecule has 3 heterocycles. The molecule has 2 aromatic heterocycles. The van der Waals surface area contributed by atoms with Crippen molar-refractivity contribution in [3.63, 3.8) is 0 Å². The Hall–Kier alpha value is -3.29. The molecule has 4 rings (SSSR count). The Bertz CT molecular complexity index is 972. The first-order valence-electron chi connectivity index (χ1n) is 8.71. The number of amides is 1. The van der Waals surface area contributed by atoms with Gasteiger partial charge in [0.1, 0.15) is 5.82 Å². The summed E-state index contributed by atoms with van der Waals surface area (Å²) < 4.78 is 15.1. The molecule has 0 unspecified atom stereocenters. The molecule has 0 bridgehead atoms. The van der Waals surface area contributed by atoms with Gasteiger partial charge in [-0.3, -0.25) is 4.79 Å². The second kappa shape index (κ2) is 7.14. The molecular formula is C19H19FN6O. The average Bonchev–Trinajstić information content (AvgIpc) is 3.03. The Morgan fingerprint density at radius 1 is 1.26 bits per heavy atom. The van der Waals surface area contributed by atoms with Crippen LogP contribution in [-0.2, 0) is 26.6 Å². The topological polar surface area (TPSA) is 75.9 Å². The number of hydrogen-bond acceptors (Lipinski definition) is 5. The highest BCUT2D eigenvalue weighted by atomic mass is 19.1. The lowest BCUT2D eigenvalue weighted by molar-refractivity contribution is 0.0937. The monoisotopic (exact) mass is 366 g/mol. The first-order chi connectivity index (χ1) is 13.1. The Kier molecular flexibility index (Phi) is 4.53. The van der Waals surface area contributed by atoms with Gasteiger partial charge in [-0.2, -0.15) is 0 Å². The van der Waals surface area contributed by atoms with Crippen LogP contribution in [-0.4, -0.2) is 32.0 Å². The van der Waals surface area contributed by atoms with Crippen molar-refractivity contribution in [3.8, 4) is 0 Å². The van der Waals surface area contributed by atoms with Crippen LogP contribution < -0.4 is 10.2 Å². The molecule has 3 aromatic rings. The zero-order valence-corrected chi connectivity index (χ0v) is 14.9. The highest BCUT2D eigenvalue weighted by Crippen LogP contribution is 2.22. The molecule has 0 atom stereocenters. The smallest absolute Gasteiger partial charge is 0.287 e. The third-order valence-corrected chi connectivity index (χ3v) is 4.64. The van der Waals surface area contributed by atoms with Crippen molar-refractivity contribution in [2.75, 3.05) is 11.4 Å². The Morgan fingerprint density at radius 2 is 2.07 bits per heavy atom. The molecule has 1 amide bonds. The van der Waals surface area contributed by atoms with Crippen LogP contribution in [0.15, 0.2) is 42.7 Å². The van der Waals surface area contributed by atoms with E-state index in [1.54, 1.807) is 30.6 Å². The fourth-order valence-electron chi connectivity index (χ4n) is 3.26. The van der Waals surface area contributed by atoms with E-state index in [-0.39, 0.29) is 18.3 Å². The summed E-state index contributed by atoms with van der Waals surface area (Å²) in [5.74, 6) is 0.411. The summed E-state index contributed by atoms with van der Waals surface area (Å²) in [5, 5.41) is 2.81. The summed E-state index contributed by atoms with van der Waals surface area (Å²) in [7, 11) is 1.84. The lowest BCUT2D eigenvalue weighted by Crippen LogP contribution is -2.32. The van der Waals surface area contributed by atoms with Crippen molar-refractivity contribution in [1.29, 1.82) is 0 Å². The minimum absolute atomic E-state index is 0.248. The van der Waals surface area contributed by atoms with Gasteiger partial charge in [-0.25, -0.2) is 19.3 Å². The average molecular weight is 366 g/mol. The van der Waals surface area contributed by atoms with E-state index in [1.807, 2.05) is 16.5 Å². The van der Waals surface area contributed by atoms with E-state index >= 15 is 0 Å². The SMILES string of the molecule is Cn1c(C(=O)NCc2cccc(F)c2)nc2c1CCN(c1ncccn1)C2. The van der Waals surface area contributed by atoms with Gasteiger partial charge in [0.05, 0.1) is 12.2 Å². The third-order valence-electron chi connectivity index (χ3n) is 4.64. The lowest BCUT2D eigenvalue weighted by atomic mass is 10.1. The number of aromatic nitrogens is 4. The number of halogens is 1. The molecule has 1 aliphatic rings. The molecule has 1 aliphatic heterocycles. The van der Waals surface area contributed by atoms with Gasteiger partial charge in [-0.05, 0) is 23.8 Å². The summed E-state index contributed by atoms with van der Waals surface area (Å²) in [6.45, 7) is 1.57. The molecule has 0 fully saturated rings. The van der Waals surface area contributed by atoms with E-state index in [9.17, 15) is 9.18 Å². The first-order valence-corrected chi connectivity index (χ1v) is 8.71. The van der Waals surface area contributed by atoms with Crippen molar-refractivity contribution >= 4 is 11.9 Å². The predicted molar refractivity (Wildman–Crippen MR) is 97.6 cm³/mol. The zero-order chi connectivity index (χ0) is 18.8. The van der Waals surface area contributed by atoms with Gasteiger partial charge in [-0.1, -0.05) is 12.1 Å². The summed E-state index contributed by atoms with van der Waals surface area (Å²) in [4.78, 5) is 27.7. The molecule has 1 aromatic carbocycles. The number of carbonyl (C=O) groups is 1. The van der Waals surface area contributed by atoms with Gasteiger partial charge >= 0.3 is 0 Å². The maximum atomic E-state index is 13.3. The van der Waals surface area contributed by atoms with Crippen LogP contribution >= 0.6 is 0 Å². The van der Waals surface area contributed by atoms with Crippen molar-refractivity contribution in [1.82, 2.24) is 24.8 Å². The quantitative estimate of drug-likeness (QED) is 0.763. The van der Waals surface area contributed by atoms with E-state index in [0.717, 1.165) is 24.4 Å². The van der Waals surface area contributed by atoms with Crippen molar-refractivity contribution in [2.45, 2.75) is 19.5 Å². The summed E-state index contributed by atoms with van der Waals surface area (Å²) in [6, 6.07) is 7.95. The molecule has 0 radical (unpaired) electrons. The van der Waals surface area contributed by atoms with Crippen LogP contribution in [0.5, 0.6) is 0 Å². The first kappa shape index (κ1) is 17.1. The number of imidazole rings is 1. The number of anilines is 1. The van der Waals surface area contributed by atoms with Crippen molar-refractivity contribution in [2.24, 2.45) is 7.05 Å². The normalized spacial score (nSPS) is 13.3. The minimum atomic E-state index is -0.322. The van der Waals surface area contributed by atoms with Gasteiger partial charge in [0.15, 0.2) is 5.82 Å². The molecular weight excluding hydrogens is 347 g/mol. The molecule has 0 saturated heterocycles. The van der Waals surface area contributed by atoms with Gasteiger partial charge < -0.3 is 14.8 Å². The Morgan fingerprint density at radius 3 is 2.85 bits per heavy atom. The molecule has 0 saturated carbocycles. The van der Waals surface area contributed by atoms with Gasteiger partial charge in [0.25, 0.3) is 5.91 Å². The zero-order valence-electron chi connectivity index (χ0n) is 14.9. The number of benzene rings is 1. The molecule has 0 spiro atoms.